The van der Waals surface area contributed by atoms with Crippen molar-refractivity contribution >= 4 is 18.4 Å². The standard InChI is InChI=1S/C26H34Si/c1-7-8-12-23-15-17-25(18-16-23)27(6,24-13-10-9-11-14-24)26-21(4)19(2)20(3)22(26)5/h9-11,13-18,21H,7-8,12H2,1-6H3. The fourth-order valence-electron chi connectivity index (χ4n) is 4.81. The third kappa shape index (κ3) is 3.50. The van der Waals surface area contributed by atoms with E-state index in [4.69, 9.17) is 0 Å². The van der Waals surface area contributed by atoms with Crippen molar-refractivity contribution in [2.45, 2.75) is 60.4 Å². The van der Waals surface area contributed by atoms with E-state index in [1.54, 1.807) is 10.8 Å². The molecular weight excluding hydrogens is 340 g/mol. The minimum Gasteiger partial charge on any atom is -0.0654 e. The van der Waals surface area contributed by atoms with E-state index in [1.165, 1.54) is 46.3 Å². The van der Waals surface area contributed by atoms with Crippen molar-refractivity contribution in [1.82, 2.24) is 0 Å². The Kier molecular flexibility index (Phi) is 5.91. The van der Waals surface area contributed by atoms with Gasteiger partial charge in [-0.2, -0.15) is 0 Å². The fraction of sp³-hybridized carbons (Fsp3) is 0.385. The maximum Gasteiger partial charge on any atom is 0.142 e. The first-order chi connectivity index (χ1) is 12.9. The number of allylic oxidation sites excluding steroid dienone is 4. The summed E-state index contributed by atoms with van der Waals surface area (Å²) in [6.45, 7) is 14.2. The number of hydrogen-bond donors (Lipinski definition) is 0. The lowest BCUT2D eigenvalue weighted by molar-refractivity contribution is 0.795. The van der Waals surface area contributed by atoms with Gasteiger partial charge >= 0.3 is 0 Å². The number of unbranched alkanes of at least 4 members (excludes halogenated alkanes) is 1. The van der Waals surface area contributed by atoms with Crippen LogP contribution in [0.4, 0.5) is 0 Å². The highest BCUT2D eigenvalue weighted by atomic mass is 28.3. The molecule has 1 aliphatic rings. The average Bonchev–Trinajstić information content (AvgIpc) is 2.90. The van der Waals surface area contributed by atoms with Gasteiger partial charge in [0.1, 0.15) is 8.07 Å². The molecule has 2 aromatic carbocycles. The monoisotopic (exact) mass is 374 g/mol. The minimum absolute atomic E-state index is 0.543. The quantitative estimate of drug-likeness (QED) is 0.539. The van der Waals surface area contributed by atoms with Crippen LogP contribution >= 0.6 is 0 Å². The first kappa shape index (κ1) is 19.9. The molecule has 0 radical (unpaired) electrons. The molecule has 0 bridgehead atoms. The second kappa shape index (κ2) is 8.02. The van der Waals surface area contributed by atoms with Gasteiger partial charge in [-0.1, -0.05) is 97.8 Å². The van der Waals surface area contributed by atoms with Crippen LogP contribution in [0.3, 0.4) is 0 Å². The van der Waals surface area contributed by atoms with Gasteiger partial charge in [0.25, 0.3) is 0 Å². The van der Waals surface area contributed by atoms with Gasteiger partial charge in [-0.05, 0) is 61.0 Å². The molecule has 0 heterocycles. The lowest BCUT2D eigenvalue weighted by Gasteiger charge is -2.34. The van der Waals surface area contributed by atoms with Crippen molar-refractivity contribution in [3.8, 4) is 0 Å². The van der Waals surface area contributed by atoms with E-state index in [0.717, 1.165) is 0 Å². The van der Waals surface area contributed by atoms with Crippen molar-refractivity contribution in [3.63, 3.8) is 0 Å². The smallest absolute Gasteiger partial charge is 0.0654 e. The van der Waals surface area contributed by atoms with Crippen LogP contribution in [0.2, 0.25) is 6.55 Å². The number of aryl methyl sites for hydroxylation is 1. The molecule has 27 heavy (non-hydrogen) atoms. The van der Waals surface area contributed by atoms with Crippen LogP contribution in [0.1, 0.15) is 53.0 Å². The lowest BCUT2D eigenvalue weighted by atomic mass is 10.1. The predicted molar refractivity (Wildman–Crippen MR) is 123 cm³/mol. The molecule has 0 N–H and O–H groups in total. The van der Waals surface area contributed by atoms with E-state index in [0.29, 0.717) is 5.92 Å². The van der Waals surface area contributed by atoms with Gasteiger partial charge in [-0.15, -0.1) is 0 Å². The molecule has 142 valence electrons. The molecule has 0 nitrogen and oxygen atoms in total. The van der Waals surface area contributed by atoms with E-state index < -0.39 is 8.07 Å². The third-order valence-corrected chi connectivity index (χ3v) is 11.7. The van der Waals surface area contributed by atoms with Gasteiger partial charge in [0.2, 0.25) is 0 Å². The number of benzene rings is 2. The van der Waals surface area contributed by atoms with Crippen LogP contribution in [0.25, 0.3) is 0 Å². The van der Waals surface area contributed by atoms with Crippen LogP contribution in [0, 0.1) is 5.92 Å². The van der Waals surface area contributed by atoms with E-state index in [9.17, 15) is 0 Å². The number of hydrogen-bond acceptors (Lipinski definition) is 0. The Hall–Kier alpha value is -1.86. The van der Waals surface area contributed by atoms with Gasteiger partial charge in [0.15, 0.2) is 0 Å². The van der Waals surface area contributed by atoms with Gasteiger partial charge < -0.3 is 0 Å². The Bertz CT molecular complexity index is 855. The zero-order valence-electron chi connectivity index (χ0n) is 17.9. The molecule has 2 unspecified atom stereocenters. The van der Waals surface area contributed by atoms with Gasteiger partial charge in [0, 0.05) is 0 Å². The first-order valence-corrected chi connectivity index (χ1v) is 12.9. The van der Waals surface area contributed by atoms with E-state index in [1.807, 2.05) is 0 Å². The largest absolute Gasteiger partial charge is 0.142 e. The van der Waals surface area contributed by atoms with Crippen molar-refractivity contribution in [2.24, 2.45) is 5.92 Å². The van der Waals surface area contributed by atoms with Crippen molar-refractivity contribution < 1.29 is 0 Å². The minimum atomic E-state index is -1.99. The van der Waals surface area contributed by atoms with Gasteiger partial charge in [-0.3, -0.25) is 0 Å². The van der Waals surface area contributed by atoms with Gasteiger partial charge in [0.05, 0.1) is 0 Å². The third-order valence-electron chi connectivity index (χ3n) is 6.88. The van der Waals surface area contributed by atoms with Crippen LogP contribution in [-0.2, 0) is 6.42 Å². The van der Waals surface area contributed by atoms with Crippen molar-refractivity contribution in [3.05, 3.63) is 82.1 Å². The molecule has 2 aromatic rings. The van der Waals surface area contributed by atoms with Crippen LogP contribution in [-0.4, -0.2) is 8.07 Å². The fourth-order valence-corrected chi connectivity index (χ4v) is 9.47. The van der Waals surface area contributed by atoms with Gasteiger partial charge in [-0.25, -0.2) is 0 Å². The maximum absolute atomic E-state index is 2.56. The normalized spacial score (nSPS) is 19.6. The van der Waals surface area contributed by atoms with Crippen molar-refractivity contribution in [2.75, 3.05) is 0 Å². The highest BCUT2D eigenvalue weighted by Gasteiger charge is 2.42. The summed E-state index contributed by atoms with van der Waals surface area (Å²) in [5.74, 6) is 0.543. The van der Waals surface area contributed by atoms with Crippen LogP contribution in [0.5, 0.6) is 0 Å². The van der Waals surface area contributed by atoms with Crippen LogP contribution in [0.15, 0.2) is 76.5 Å². The zero-order valence-corrected chi connectivity index (χ0v) is 18.9. The molecular formula is C26H34Si. The lowest BCUT2D eigenvalue weighted by Crippen LogP contribution is -2.58. The summed E-state index contributed by atoms with van der Waals surface area (Å²) in [5.41, 5.74) is 6.07. The Morgan fingerprint density at radius 3 is 1.93 bits per heavy atom. The topological polar surface area (TPSA) is 0 Å². The molecule has 1 aliphatic carbocycles. The summed E-state index contributed by atoms with van der Waals surface area (Å²) in [4.78, 5) is 0. The molecule has 0 amide bonds. The molecule has 0 aromatic heterocycles. The van der Waals surface area contributed by atoms with E-state index >= 15 is 0 Å². The summed E-state index contributed by atoms with van der Waals surface area (Å²) in [6, 6.07) is 20.9. The maximum atomic E-state index is 2.56. The molecule has 2 atom stereocenters. The molecule has 3 rings (SSSR count). The highest BCUT2D eigenvalue weighted by molar-refractivity contribution is 7.06. The molecule has 1 heteroatoms. The molecule has 0 saturated heterocycles. The predicted octanol–water partition coefficient (Wildman–Crippen LogP) is 6.06. The van der Waals surface area contributed by atoms with Crippen molar-refractivity contribution in [1.29, 1.82) is 0 Å². The second-order valence-electron chi connectivity index (χ2n) is 8.36. The summed E-state index contributed by atoms with van der Waals surface area (Å²) in [5, 5.41) is 4.76. The summed E-state index contributed by atoms with van der Waals surface area (Å²) in [6.07, 6.45) is 3.72. The molecule has 0 spiro atoms. The second-order valence-corrected chi connectivity index (χ2v) is 12.3. The Morgan fingerprint density at radius 2 is 1.41 bits per heavy atom. The Morgan fingerprint density at radius 1 is 0.815 bits per heavy atom. The van der Waals surface area contributed by atoms with E-state index in [-0.39, 0.29) is 0 Å². The summed E-state index contributed by atoms with van der Waals surface area (Å²) >= 11 is 0. The molecule has 0 saturated carbocycles. The SMILES string of the molecule is CCCCc1ccc([Si](C)(C2=C(C)C(C)=C(C)C2C)c2ccccc2)cc1. The zero-order chi connectivity index (χ0) is 19.6. The molecule has 0 aliphatic heterocycles. The Labute approximate surface area is 167 Å². The summed E-state index contributed by atoms with van der Waals surface area (Å²) < 4.78 is 0. The average molecular weight is 375 g/mol. The number of rotatable bonds is 6. The first-order valence-electron chi connectivity index (χ1n) is 10.4. The molecule has 0 fully saturated rings. The highest BCUT2D eigenvalue weighted by Crippen LogP contribution is 2.41. The van der Waals surface area contributed by atoms with Crippen LogP contribution < -0.4 is 10.4 Å². The Balaban J connectivity index is 2.14. The summed E-state index contributed by atoms with van der Waals surface area (Å²) in [7, 11) is -1.99. The van der Waals surface area contributed by atoms with E-state index in [2.05, 4.69) is 95.8 Å².